The summed E-state index contributed by atoms with van der Waals surface area (Å²) in [6.45, 7) is 4.15. The highest BCUT2D eigenvalue weighted by Gasteiger charge is 2.42. The molecule has 1 aromatic rings. The van der Waals surface area contributed by atoms with Crippen molar-refractivity contribution in [2.75, 3.05) is 6.54 Å². The second-order valence-corrected chi connectivity index (χ2v) is 5.24. The van der Waals surface area contributed by atoms with Crippen LogP contribution in [0.15, 0.2) is 12.5 Å². The van der Waals surface area contributed by atoms with Crippen molar-refractivity contribution >= 4 is 0 Å². The minimum absolute atomic E-state index is 0.760. The Kier molecular flexibility index (Phi) is 2.72. The van der Waals surface area contributed by atoms with E-state index in [9.17, 15) is 0 Å². The fraction of sp³-hybridized carbons (Fsp3) is 0.769. The van der Waals surface area contributed by atoms with Crippen molar-refractivity contribution in [1.29, 1.82) is 0 Å². The molecule has 0 atom stereocenters. The zero-order valence-electron chi connectivity index (χ0n) is 10.0. The molecule has 88 valence electrons. The van der Waals surface area contributed by atoms with E-state index in [4.69, 9.17) is 0 Å². The van der Waals surface area contributed by atoms with Gasteiger partial charge in [-0.1, -0.05) is 6.92 Å². The van der Waals surface area contributed by atoms with Crippen LogP contribution in [-0.2, 0) is 6.54 Å². The molecule has 0 bridgehead atoms. The van der Waals surface area contributed by atoms with Crippen molar-refractivity contribution in [3.05, 3.63) is 18.2 Å². The van der Waals surface area contributed by atoms with Gasteiger partial charge in [0.05, 0.1) is 12.0 Å². The van der Waals surface area contributed by atoms with E-state index in [2.05, 4.69) is 21.8 Å². The van der Waals surface area contributed by atoms with E-state index in [0.29, 0.717) is 0 Å². The van der Waals surface area contributed by atoms with Gasteiger partial charge in [-0.25, -0.2) is 4.98 Å². The molecule has 2 aliphatic rings. The third-order valence-electron chi connectivity index (χ3n) is 3.83. The van der Waals surface area contributed by atoms with Crippen molar-refractivity contribution in [3.8, 4) is 0 Å². The van der Waals surface area contributed by atoms with Crippen molar-refractivity contribution in [2.45, 2.75) is 45.2 Å². The first-order chi connectivity index (χ1) is 7.90. The Hall–Kier alpha value is -0.830. The predicted octanol–water partition coefficient (Wildman–Crippen LogP) is 2.35. The van der Waals surface area contributed by atoms with Gasteiger partial charge in [-0.15, -0.1) is 0 Å². The second kappa shape index (κ2) is 4.21. The largest absolute Gasteiger partial charge is 0.330 e. The lowest BCUT2D eigenvalue weighted by atomic mass is 10.1. The maximum atomic E-state index is 4.34. The first kappa shape index (κ1) is 10.3. The SMILES string of the molecule is CCNCc1cncn1C(C1CC1)C1CC1. The third kappa shape index (κ3) is 2.01. The summed E-state index contributed by atoms with van der Waals surface area (Å²) in [6, 6.07) is 0.760. The second-order valence-electron chi connectivity index (χ2n) is 5.24. The van der Waals surface area contributed by atoms with Gasteiger partial charge >= 0.3 is 0 Å². The summed E-state index contributed by atoms with van der Waals surface area (Å²) in [5.74, 6) is 1.89. The van der Waals surface area contributed by atoms with Crippen LogP contribution in [0.4, 0.5) is 0 Å². The Labute approximate surface area is 97.3 Å². The molecule has 3 rings (SSSR count). The minimum atomic E-state index is 0.760. The Morgan fingerprint density at radius 3 is 2.62 bits per heavy atom. The Bertz CT molecular complexity index is 338. The van der Waals surface area contributed by atoms with Crippen LogP contribution in [0, 0.1) is 11.8 Å². The van der Waals surface area contributed by atoms with Gasteiger partial charge in [-0.05, 0) is 44.1 Å². The Morgan fingerprint density at radius 1 is 1.38 bits per heavy atom. The molecular weight excluding hydrogens is 198 g/mol. The predicted molar refractivity (Wildman–Crippen MR) is 64.1 cm³/mol. The van der Waals surface area contributed by atoms with E-state index in [1.165, 1.54) is 31.4 Å². The summed E-state index contributed by atoms with van der Waals surface area (Å²) < 4.78 is 2.46. The van der Waals surface area contributed by atoms with Gasteiger partial charge in [-0.2, -0.15) is 0 Å². The molecule has 1 heterocycles. The zero-order valence-corrected chi connectivity index (χ0v) is 10.0. The highest BCUT2D eigenvalue weighted by atomic mass is 15.1. The van der Waals surface area contributed by atoms with E-state index >= 15 is 0 Å². The van der Waals surface area contributed by atoms with Crippen molar-refractivity contribution in [3.63, 3.8) is 0 Å². The molecule has 1 aromatic heterocycles. The monoisotopic (exact) mass is 219 g/mol. The molecule has 0 aromatic carbocycles. The molecule has 2 saturated carbocycles. The molecule has 0 aliphatic heterocycles. The van der Waals surface area contributed by atoms with E-state index < -0.39 is 0 Å². The van der Waals surface area contributed by atoms with Crippen LogP contribution < -0.4 is 5.32 Å². The molecule has 3 heteroatoms. The van der Waals surface area contributed by atoms with E-state index in [1.54, 1.807) is 0 Å². The summed E-state index contributed by atoms with van der Waals surface area (Å²) >= 11 is 0. The molecule has 2 fully saturated rings. The van der Waals surface area contributed by atoms with Crippen LogP contribution in [-0.4, -0.2) is 16.1 Å². The van der Waals surface area contributed by atoms with Crippen molar-refractivity contribution in [2.24, 2.45) is 11.8 Å². The molecule has 1 N–H and O–H groups in total. The van der Waals surface area contributed by atoms with Gasteiger partial charge < -0.3 is 9.88 Å². The van der Waals surface area contributed by atoms with Crippen LogP contribution in [0.3, 0.4) is 0 Å². The van der Waals surface area contributed by atoms with E-state index in [0.717, 1.165) is 31.0 Å². The van der Waals surface area contributed by atoms with E-state index in [-0.39, 0.29) is 0 Å². The van der Waals surface area contributed by atoms with Gasteiger partial charge in [0.15, 0.2) is 0 Å². The average Bonchev–Trinajstić information content (AvgIpc) is 3.18. The van der Waals surface area contributed by atoms with Crippen LogP contribution in [0.2, 0.25) is 0 Å². The van der Waals surface area contributed by atoms with Crippen LogP contribution in [0.25, 0.3) is 0 Å². The molecule has 0 radical (unpaired) electrons. The van der Waals surface area contributed by atoms with Crippen molar-refractivity contribution < 1.29 is 0 Å². The normalized spacial score (nSPS) is 20.6. The topological polar surface area (TPSA) is 29.9 Å². The maximum absolute atomic E-state index is 4.34. The lowest BCUT2D eigenvalue weighted by Gasteiger charge is -2.20. The van der Waals surface area contributed by atoms with Gasteiger partial charge in [0.2, 0.25) is 0 Å². The van der Waals surface area contributed by atoms with Crippen LogP contribution in [0.5, 0.6) is 0 Å². The fourth-order valence-corrected chi connectivity index (χ4v) is 2.71. The minimum Gasteiger partial charge on any atom is -0.330 e. The number of nitrogens with one attached hydrogen (secondary N) is 1. The molecule has 0 saturated heterocycles. The number of nitrogens with zero attached hydrogens (tertiary/aromatic N) is 2. The summed E-state index contributed by atoms with van der Waals surface area (Å²) in [6.07, 6.45) is 9.80. The van der Waals surface area contributed by atoms with Crippen LogP contribution in [0.1, 0.15) is 44.3 Å². The highest BCUT2D eigenvalue weighted by Crippen LogP contribution is 2.52. The molecule has 0 amide bonds. The van der Waals surface area contributed by atoms with Gasteiger partial charge in [0.1, 0.15) is 0 Å². The number of imidazole rings is 1. The Morgan fingerprint density at radius 2 is 2.06 bits per heavy atom. The average molecular weight is 219 g/mol. The highest BCUT2D eigenvalue weighted by molar-refractivity contribution is 5.06. The van der Waals surface area contributed by atoms with Crippen LogP contribution >= 0.6 is 0 Å². The lowest BCUT2D eigenvalue weighted by molar-refractivity contribution is 0.381. The summed E-state index contributed by atoms with van der Waals surface area (Å²) in [5.41, 5.74) is 1.37. The molecule has 2 aliphatic carbocycles. The lowest BCUT2D eigenvalue weighted by Crippen LogP contribution is -2.20. The third-order valence-corrected chi connectivity index (χ3v) is 3.83. The number of aromatic nitrogens is 2. The molecule has 0 spiro atoms. The summed E-state index contributed by atoms with van der Waals surface area (Å²) in [4.78, 5) is 4.34. The van der Waals surface area contributed by atoms with Crippen molar-refractivity contribution in [1.82, 2.24) is 14.9 Å². The molecular formula is C13H21N3. The zero-order chi connectivity index (χ0) is 11.0. The molecule has 0 unspecified atom stereocenters. The number of rotatable bonds is 6. The maximum Gasteiger partial charge on any atom is 0.0951 e. The van der Waals surface area contributed by atoms with Gasteiger partial charge in [0.25, 0.3) is 0 Å². The first-order valence-corrected chi connectivity index (χ1v) is 6.61. The summed E-state index contributed by atoms with van der Waals surface area (Å²) in [5, 5.41) is 3.40. The van der Waals surface area contributed by atoms with E-state index in [1.807, 2.05) is 12.5 Å². The number of hydrogen-bond donors (Lipinski definition) is 1. The summed E-state index contributed by atoms with van der Waals surface area (Å²) in [7, 11) is 0. The van der Waals surface area contributed by atoms with Gasteiger partial charge in [0, 0.05) is 18.8 Å². The standard InChI is InChI=1S/C13H21N3/c1-2-14-7-12-8-15-9-16(12)13(10-3-4-10)11-5-6-11/h8-11,13-14H,2-7H2,1H3. The smallest absolute Gasteiger partial charge is 0.0951 e. The van der Waals surface area contributed by atoms with Gasteiger partial charge in [-0.3, -0.25) is 0 Å². The first-order valence-electron chi connectivity index (χ1n) is 6.61. The number of hydrogen-bond acceptors (Lipinski definition) is 2. The molecule has 3 nitrogen and oxygen atoms in total. The quantitative estimate of drug-likeness (QED) is 0.796. The molecule has 16 heavy (non-hydrogen) atoms. The Balaban J connectivity index is 1.77. The fourth-order valence-electron chi connectivity index (χ4n) is 2.71.